The number of nitrogen functional groups attached to an aromatic ring is 1. The van der Waals surface area contributed by atoms with Gasteiger partial charge < -0.3 is 15.0 Å². The van der Waals surface area contributed by atoms with E-state index in [1.54, 1.807) is 4.57 Å². The number of aromatic nitrogens is 3. The molecule has 0 radical (unpaired) electrons. The van der Waals surface area contributed by atoms with E-state index in [0.29, 0.717) is 32.0 Å². The number of anilines is 1. The van der Waals surface area contributed by atoms with E-state index < -0.39 is 0 Å². The van der Waals surface area contributed by atoms with Gasteiger partial charge in [0.2, 0.25) is 0 Å². The summed E-state index contributed by atoms with van der Waals surface area (Å²) in [6.45, 7) is 4.27. The first-order valence-electron chi connectivity index (χ1n) is 7.39. The second-order valence-electron chi connectivity index (χ2n) is 5.29. The first-order chi connectivity index (χ1) is 11.7. The molecule has 2 aromatic rings. The number of morpholine rings is 1. The lowest BCUT2D eigenvalue weighted by molar-refractivity contribution is 0.0366. The average Bonchev–Trinajstić information content (AvgIpc) is 2.89. The van der Waals surface area contributed by atoms with Crippen molar-refractivity contribution in [2.45, 2.75) is 6.54 Å². The standard InChI is InChI=1S/C15H14N8O/c16-7-10-13-15(21-12(9-18)11(8-17)20-13)23(14(10)19)2-1-22-3-5-24-6-4-22/h1-6,19H2. The number of ether oxygens (including phenoxy) is 1. The summed E-state index contributed by atoms with van der Waals surface area (Å²) in [5.41, 5.74) is 6.69. The second-order valence-corrected chi connectivity index (χ2v) is 5.29. The summed E-state index contributed by atoms with van der Waals surface area (Å²) in [6.07, 6.45) is 0. The highest BCUT2D eigenvalue weighted by molar-refractivity contribution is 5.86. The van der Waals surface area contributed by atoms with Gasteiger partial charge in [-0.1, -0.05) is 0 Å². The molecule has 0 aromatic carbocycles. The maximum Gasteiger partial charge on any atom is 0.179 e. The molecule has 9 nitrogen and oxygen atoms in total. The largest absolute Gasteiger partial charge is 0.384 e. The van der Waals surface area contributed by atoms with Crippen LogP contribution in [0.5, 0.6) is 0 Å². The molecule has 24 heavy (non-hydrogen) atoms. The van der Waals surface area contributed by atoms with Crippen LogP contribution in [0.4, 0.5) is 5.82 Å². The normalized spacial score (nSPS) is 14.9. The highest BCUT2D eigenvalue weighted by Crippen LogP contribution is 2.26. The molecule has 0 spiro atoms. The predicted molar refractivity (Wildman–Crippen MR) is 83.3 cm³/mol. The predicted octanol–water partition coefficient (Wildman–Crippen LogP) is -0.0393. The van der Waals surface area contributed by atoms with E-state index >= 15 is 0 Å². The Kier molecular flexibility index (Phi) is 4.26. The summed E-state index contributed by atoms with van der Waals surface area (Å²) >= 11 is 0. The highest BCUT2D eigenvalue weighted by atomic mass is 16.5. The fourth-order valence-electron chi connectivity index (χ4n) is 2.71. The number of hydrogen-bond donors (Lipinski definition) is 1. The van der Waals surface area contributed by atoms with Crippen LogP contribution in [0.1, 0.15) is 17.0 Å². The molecular weight excluding hydrogens is 308 g/mol. The van der Waals surface area contributed by atoms with Crippen LogP contribution in [0.3, 0.4) is 0 Å². The summed E-state index contributed by atoms with van der Waals surface area (Å²) in [6, 6.07) is 5.69. The van der Waals surface area contributed by atoms with E-state index in [1.807, 2.05) is 18.2 Å². The van der Waals surface area contributed by atoms with Crippen molar-refractivity contribution in [1.82, 2.24) is 19.4 Å². The van der Waals surface area contributed by atoms with Crippen molar-refractivity contribution in [2.75, 3.05) is 38.6 Å². The van der Waals surface area contributed by atoms with E-state index in [0.717, 1.165) is 13.1 Å². The fraction of sp³-hybridized carbons (Fsp3) is 0.400. The van der Waals surface area contributed by atoms with Gasteiger partial charge in [-0.05, 0) is 0 Å². The summed E-state index contributed by atoms with van der Waals surface area (Å²) in [5.74, 6) is 0.250. The van der Waals surface area contributed by atoms with E-state index in [9.17, 15) is 5.26 Å². The number of fused-ring (bicyclic) bond motifs is 1. The van der Waals surface area contributed by atoms with E-state index in [2.05, 4.69) is 14.9 Å². The van der Waals surface area contributed by atoms with Crippen molar-refractivity contribution >= 4 is 17.0 Å². The number of nitriles is 3. The highest BCUT2D eigenvalue weighted by Gasteiger charge is 2.21. The lowest BCUT2D eigenvalue weighted by Gasteiger charge is -2.26. The lowest BCUT2D eigenvalue weighted by Crippen LogP contribution is -2.38. The Morgan fingerprint density at radius 3 is 2.29 bits per heavy atom. The van der Waals surface area contributed by atoms with Crippen LogP contribution in [0.15, 0.2) is 0 Å². The number of nitrogens with zero attached hydrogens (tertiary/aromatic N) is 7. The third kappa shape index (κ3) is 2.61. The number of nitrogens with two attached hydrogens (primary N) is 1. The maximum absolute atomic E-state index is 9.35. The third-order valence-electron chi connectivity index (χ3n) is 3.98. The molecule has 3 heterocycles. The van der Waals surface area contributed by atoms with Crippen molar-refractivity contribution in [3.8, 4) is 18.2 Å². The fourth-order valence-corrected chi connectivity index (χ4v) is 2.71. The second kappa shape index (κ2) is 6.51. The van der Waals surface area contributed by atoms with E-state index in [-0.39, 0.29) is 28.3 Å². The van der Waals surface area contributed by atoms with Gasteiger partial charge >= 0.3 is 0 Å². The van der Waals surface area contributed by atoms with Crippen molar-refractivity contribution in [1.29, 1.82) is 15.8 Å². The Hall–Kier alpha value is -3.19. The zero-order valence-electron chi connectivity index (χ0n) is 12.9. The molecule has 1 saturated heterocycles. The minimum Gasteiger partial charge on any atom is -0.384 e. The van der Waals surface area contributed by atoms with Crippen LogP contribution < -0.4 is 5.73 Å². The maximum atomic E-state index is 9.35. The van der Waals surface area contributed by atoms with Gasteiger partial charge in [0, 0.05) is 26.2 Å². The Labute approximate surface area is 138 Å². The van der Waals surface area contributed by atoms with E-state index in [4.69, 9.17) is 21.0 Å². The van der Waals surface area contributed by atoms with Gasteiger partial charge in [-0.2, -0.15) is 15.8 Å². The van der Waals surface area contributed by atoms with Crippen LogP contribution >= 0.6 is 0 Å². The van der Waals surface area contributed by atoms with Crippen LogP contribution in [0.2, 0.25) is 0 Å². The van der Waals surface area contributed by atoms with E-state index in [1.165, 1.54) is 0 Å². The minimum atomic E-state index is -0.105. The molecule has 1 fully saturated rings. The van der Waals surface area contributed by atoms with Gasteiger partial charge in [0.05, 0.1) is 13.2 Å². The Morgan fingerprint density at radius 1 is 1.00 bits per heavy atom. The number of rotatable bonds is 3. The van der Waals surface area contributed by atoms with Gasteiger partial charge in [-0.15, -0.1) is 0 Å². The topological polar surface area (TPSA) is 141 Å². The summed E-state index contributed by atoms with van der Waals surface area (Å²) < 4.78 is 7.00. The van der Waals surface area contributed by atoms with Gasteiger partial charge in [-0.25, -0.2) is 9.97 Å². The van der Waals surface area contributed by atoms with Gasteiger partial charge in [0.25, 0.3) is 0 Å². The van der Waals surface area contributed by atoms with Gasteiger partial charge in [-0.3, -0.25) is 4.90 Å². The van der Waals surface area contributed by atoms with Crippen molar-refractivity contribution in [2.24, 2.45) is 0 Å². The molecule has 1 aliphatic heterocycles. The van der Waals surface area contributed by atoms with Crippen LogP contribution in [0.25, 0.3) is 11.2 Å². The molecule has 1 aliphatic rings. The summed E-state index contributed by atoms with van der Waals surface area (Å²) in [4.78, 5) is 10.5. The van der Waals surface area contributed by atoms with Gasteiger partial charge in [0.15, 0.2) is 17.0 Å². The lowest BCUT2D eigenvalue weighted by atomic mass is 10.3. The SMILES string of the molecule is N#Cc1nc2c(C#N)c(N)n(CCN3CCOCC3)c2nc1C#N. The quantitative estimate of drug-likeness (QED) is 0.829. The molecule has 0 aliphatic carbocycles. The van der Waals surface area contributed by atoms with Crippen LogP contribution in [-0.4, -0.2) is 52.3 Å². The zero-order chi connectivity index (χ0) is 17.1. The van der Waals surface area contributed by atoms with Gasteiger partial charge in [0.1, 0.15) is 35.1 Å². The molecule has 3 rings (SSSR count). The molecule has 0 amide bonds. The molecule has 9 heteroatoms. The average molecular weight is 322 g/mol. The van der Waals surface area contributed by atoms with Crippen molar-refractivity contribution < 1.29 is 4.74 Å². The molecule has 2 N–H and O–H groups in total. The van der Waals surface area contributed by atoms with Crippen molar-refractivity contribution in [3.63, 3.8) is 0 Å². The monoisotopic (exact) mass is 322 g/mol. The molecule has 0 atom stereocenters. The Balaban J connectivity index is 2.03. The first kappa shape index (κ1) is 15.7. The smallest absolute Gasteiger partial charge is 0.179 e. The first-order valence-corrected chi connectivity index (χ1v) is 7.39. The summed E-state index contributed by atoms with van der Waals surface area (Å²) in [5, 5.41) is 27.6. The molecule has 0 bridgehead atoms. The minimum absolute atomic E-state index is 0.0698. The van der Waals surface area contributed by atoms with Crippen molar-refractivity contribution in [3.05, 3.63) is 17.0 Å². The molecule has 0 saturated carbocycles. The Bertz CT molecular complexity index is 905. The molecule has 2 aromatic heterocycles. The zero-order valence-corrected chi connectivity index (χ0v) is 12.9. The molecule has 120 valence electrons. The third-order valence-corrected chi connectivity index (χ3v) is 3.98. The summed E-state index contributed by atoms with van der Waals surface area (Å²) in [7, 11) is 0. The molecular formula is C15H14N8O. The Morgan fingerprint density at radius 2 is 1.67 bits per heavy atom. The molecule has 0 unspecified atom stereocenters. The van der Waals surface area contributed by atoms with Crippen LogP contribution in [-0.2, 0) is 11.3 Å². The van der Waals surface area contributed by atoms with Crippen LogP contribution in [0, 0.1) is 34.0 Å². The number of hydrogen-bond acceptors (Lipinski definition) is 8.